The number of H-pyrrole nitrogens is 1. The fourth-order valence-electron chi connectivity index (χ4n) is 3.95. The van der Waals surface area contributed by atoms with Gasteiger partial charge in [0.05, 0.1) is 22.7 Å². The number of amidine groups is 1. The molecule has 3 N–H and O–H groups in total. The summed E-state index contributed by atoms with van der Waals surface area (Å²) in [5, 5.41) is 1.52. The van der Waals surface area contributed by atoms with E-state index in [0.29, 0.717) is 22.3 Å². The number of para-hydroxylation sites is 1. The lowest BCUT2D eigenvalue weighted by Crippen LogP contribution is -2.27. The second-order valence-corrected chi connectivity index (χ2v) is 7.62. The highest BCUT2D eigenvalue weighted by Gasteiger charge is 2.18. The van der Waals surface area contributed by atoms with Crippen LogP contribution in [0.25, 0.3) is 16.5 Å². The van der Waals surface area contributed by atoms with Gasteiger partial charge in [0, 0.05) is 23.6 Å². The predicted octanol–water partition coefficient (Wildman–Crippen LogP) is 3.76. The van der Waals surface area contributed by atoms with E-state index in [0.717, 1.165) is 16.6 Å². The van der Waals surface area contributed by atoms with Crippen LogP contribution in [0.15, 0.2) is 81.4 Å². The number of hydrogen-bond acceptors (Lipinski definition) is 3. The largest absolute Gasteiger partial charge is 0.383 e. The van der Waals surface area contributed by atoms with Crippen LogP contribution in [-0.4, -0.2) is 15.4 Å². The summed E-state index contributed by atoms with van der Waals surface area (Å²) in [6.45, 7) is 5.58. The molecule has 6 nitrogen and oxygen atoms in total. The van der Waals surface area contributed by atoms with Gasteiger partial charge in [-0.1, -0.05) is 36.4 Å². The van der Waals surface area contributed by atoms with Gasteiger partial charge in [-0.05, 0) is 49.9 Å². The third kappa shape index (κ3) is 3.68. The van der Waals surface area contributed by atoms with Gasteiger partial charge >= 0.3 is 0 Å². The van der Waals surface area contributed by atoms with Crippen LogP contribution < -0.4 is 16.7 Å². The van der Waals surface area contributed by atoms with Crippen LogP contribution in [-0.2, 0) is 0 Å². The van der Waals surface area contributed by atoms with E-state index in [4.69, 9.17) is 5.73 Å². The normalized spacial score (nSPS) is 12.8. The molecule has 0 aliphatic rings. The molecule has 0 fully saturated rings. The zero-order chi connectivity index (χ0) is 22.1. The van der Waals surface area contributed by atoms with Crippen molar-refractivity contribution < 1.29 is 0 Å². The highest BCUT2D eigenvalue weighted by atomic mass is 16.1. The van der Waals surface area contributed by atoms with Gasteiger partial charge < -0.3 is 10.7 Å². The standard InChI is InChI=1S/C25H24N4O2/c1-15-8-7-9-18-14-20(29(25(31)22(15)18)19-10-5-4-6-11-19)16(2)28-24(26)23-17(3)27-13-12-21(23)30/h4-14,16H,1-3H3,(H2,26,28)(H,27,30). The molecule has 2 heterocycles. The second kappa shape index (κ2) is 8.07. The molecule has 6 heteroatoms. The van der Waals surface area contributed by atoms with Gasteiger partial charge in [-0.15, -0.1) is 0 Å². The number of nitrogens with two attached hydrogens (primary N) is 1. The van der Waals surface area contributed by atoms with Crippen molar-refractivity contribution in [3.05, 3.63) is 110 Å². The maximum atomic E-state index is 13.6. The minimum Gasteiger partial charge on any atom is -0.383 e. The van der Waals surface area contributed by atoms with E-state index >= 15 is 0 Å². The Morgan fingerprint density at radius 2 is 1.77 bits per heavy atom. The fourth-order valence-corrected chi connectivity index (χ4v) is 3.95. The smallest absolute Gasteiger partial charge is 0.263 e. The molecule has 4 aromatic rings. The number of aliphatic imine (C=N–C) groups is 1. The van der Waals surface area contributed by atoms with Gasteiger partial charge in [-0.25, -0.2) is 0 Å². The van der Waals surface area contributed by atoms with E-state index in [1.54, 1.807) is 17.7 Å². The predicted molar refractivity (Wildman–Crippen MR) is 125 cm³/mol. The van der Waals surface area contributed by atoms with Crippen molar-refractivity contribution in [2.45, 2.75) is 26.8 Å². The van der Waals surface area contributed by atoms with Crippen molar-refractivity contribution in [1.29, 1.82) is 0 Å². The Morgan fingerprint density at radius 1 is 1.03 bits per heavy atom. The highest BCUT2D eigenvalue weighted by molar-refractivity contribution is 5.98. The topological polar surface area (TPSA) is 93.2 Å². The van der Waals surface area contributed by atoms with Crippen LogP contribution in [0.2, 0.25) is 0 Å². The first-order valence-electron chi connectivity index (χ1n) is 10.1. The average Bonchev–Trinajstić information content (AvgIpc) is 2.74. The molecular formula is C25H24N4O2. The van der Waals surface area contributed by atoms with Crippen LogP contribution in [0, 0.1) is 13.8 Å². The molecule has 31 heavy (non-hydrogen) atoms. The number of rotatable bonds is 4. The molecule has 0 aliphatic carbocycles. The maximum Gasteiger partial charge on any atom is 0.263 e. The number of pyridine rings is 2. The molecule has 0 amide bonds. The van der Waals surface area contributed by atoms with Gasteiger partial charge in [-0.2, -0.15) is 0 Å². The Bertz CT molecular complexity index is 1420. The fraction of sp³-hybridized carbons (Fsp3) is 0.160. The summed E-state index contributed by atoms with van der Waals surface area (Å²) in [5.74, 6) is 0.142. The molecule has 2 aromatic heterocycles. The average molecular weight is 412 g/mol. The van der Waals surface area contributed by atoms with Crippen molar-refractivity contribution in [1.82, 2.24) is 9.55 Å². The highest BCUT2D eigenvalue weighted by Crippen LogP contribution is 2.25. The van der Waals surface area contributed by atoms with Gasteiger partial charge in [0.25, 0.3) is 5.56 Å². The summed E-state index contributed by atoms with van der Waals surface area (Å²) in [5.41, 5.74) is 9.30. The van der Waals surface area contributed by atoms with E-state index in [-0.39, 0.29) is 16.8 Å². The maximum absolute atomic E-state index is 13.6. The molecule has 4 rings (SSSR count). The Kier molecular flexibility index (Phi) is 5.29. The molecule has 156 valence electrons. The van der Waals surface area contributed by atoms with E-state index in [1.807, 2.05) is 68.4 Å². The van der Waals surface area contributed by atoms with Gasteiger partial charge in [-0.3, -0.25) is 19.1 Å². The zero-order valence-corrected chi connectivity index (χ0v) is 17.7. The molecular weight excluding hydrogens is 388 g/mol. The SMILES string of the molecule is Cc1[nH]ccc(=O)c1C(N)=NC(C)c1cc2cccc(C)c2c(=O)n1-c1ccccc1. The number of benzene rings is 2. The van der Waals surface area contributed by atoms with Crippen molar-refractivity contribution in [2.24, 2.45) is 10.7 Å². The molecule has 0 aliphatic heterocycles. The molecule has 0 radical (unpaired) electrons. The number of fused-ring (bicyclic) bond motifs is 1. The Balaban J connectivity index is 1.96. The Hall–Kier alpha value is -3.93. The summed E-state index contributed by atoms with van der Waals surface area (Å²) in [6, 6.07) is 18.2. The van der Waals surface area contributed by atoms with Crippen LogP contribution in [0.1, 0.15) is 35.5 Å². The molecule has 0 spiro atoms. The lowest BCUT2D eigenvalue weighted by atomic mass is 10.0. The van der Waals surface area contributed by atoms with E-state index in [1.165, 1.54) is 6.07 Å². The molecule has 1 atom stereocenters. The van der Waals surface area contributed by atoms with Crippen molar-refractivity contribution >= 4 is 16.6 Å². The van der Waals surface area contributed by atoms with Crippen molar-refractivity contribution in [2.75, 3.05) is 0 Å². The number of aryl methyl sites for hydroxylation is 2. The summed E-state index contributed by atoms with van der Waals surface area (Å²) >= 11 is 0. The molecule has 1 unspecified atom stereocenters. The quantitative estimate of drug-likeness (QED) is 0.395. The summed E-state index contributed by atoms with van der Waals surface area (Å²) in [6.07, 6.45) is 1.58. The summed E-state index contributed by atoms with van der Waals surface area (Å²) in [7, 11) is 0. The van der Waals surface area contributed by atoms with E-state index in [2.05, 4.69) is 9.98 Å². The van der Waals surface area contributed by atoms with Crippen LogP contribution in [0.4, 0.5) is 0 Å². The number of nitrogens with zero attached hydrogens (tertiary/aromatic N) is 2. The van der Waals surface area contributed by atoms with Gasteiger partial charge in [0.15, 0.2) is 5.43 Å². The lowest BCUT2D eigenvalue weighted by Gasteiger charge is -2.19. The monoisotopic (exact) mass is 412 g/mol. The number of aromatic amines is 1. The number of nitrogens with one attached hydrogen (secondary N) is 1. The van der Waals surface area contributed by atoms with E-state index in [9.17, 15) is 9.59 Å². The molecule has 0 saturated heterocycles. The minimum atomic E-state index is -0.461. The summed E-state index contributed by atoms with van der Waals surface area (Å²) < 4.78 is 1.68. The first-order chi connectivity index (χ1) is 14.9. The molecule has 0 saturated carbocycles. The summed E-state index contributed by atoms with van der Waals surface area (Å²) in [4.78, 5) is 33.5. The first-order valence-corrected chi connectivity index (χ1v) is 10.1. The van der Waals surface area contributed by atoms with Gasteiger partial charge in [0.2, 0.25) is 0 Å². The van der Waals surface area contributed by atoms with Gasteiger partial charge in [0.1, 0.15) is 5.84 Å². The van der Waals surface area contributed by atoms with Crippen molar-refractivity contribution in [3.8, 4) is 5.69 Å². The molecule has 0 bridgehead atoms. The minimum absolute atomic E-state index is 0.105. The first kappa shape index (κ1) is 20.3. The number of hydrogen-bond donors (Lipinski definition) is 2. The van der Waals surface area contributed by atoms with Crippen LogP contribution >= 0.6 is 0 Å². The third-order valence-corrected chi connectivity index (χ3v) is 5.47. The Labute approximate surface area is 179 Å². The second-order valence-electron chi connectivity index (χ2n) is 7.62. The Morgan fingerprint density at radius 3 is 2.48 bits per heavy atom. The van der Waals surface area contributed by atoms with Crippen LogP contribution in [0.5, 0.6) is 0 Å². The van der Waals surface area contributed by atoms with Crippen LogP contribution in [0.3, 0.4) is 0 Å². The van der Waals surface area contributed by atoms with E-state index < -0.39 is 6.04 Å². The lowest BCUT2D eigenvalue weighted by molar-refractivity contribution is 0.735. The zero-order valence-electron chi connectivity index (χ0n) is 17.7. The molecule has 2 aromatic carbocycles. The van der Waals surface area contributed by atoms with Crippen molar-refractivity contribution in [3.63, 3.8) is 0 Å². The number of aromatic nitrogens is 2. The third-order valence-electron chi connectivity index (χ3n) is 5.47.